The fraction of sp³-hybridized carbons (Fsp3) is 0.857. The van der Waals surface area contributed by atoms with Crippen LogP contribution in [0.3, 0.4) is 0 Å². The van der Waals surface area contributed by atoms with Gasteiger partial charge in [0.15, 0.2) is 0 Å². The summed E-state index contributed by atoms with van der Waals surface area (Å²) < 4.78 is 7.56. The summed E-state index contributed by atoms with van der Waals surface area (Å²) in [6.07, 6.45) is 12.9. The van der Waals surface area contributed by atoms with Crippen LogP contribution in [0.4, 0.5) is 0 Å². The average molecular weight is 454 g/mol. The molecule has 9 atom stereocenters. The number of aromatic nitrogens is 2. The largest absolute Gasteiger partial charge is 0.387 e. The molecule has 0 saturated heterocycles. The first-order chi connectivity index (χ1) is 15.9. The summed E-state index contributed by atoms with van der Waals surface area (Å²) in [5.74, 6) is 5.36. The van der Waals surface area contributed by atoms with Crippen molar-refractivity contribution in [1.29, 1.82) is 5.26 Å². The van der Waals surface area contributed by atoms with Crippen LogP contribution in [0.25, 0.3) is 0 Å². The molecule has 0 radical (unpaired) electrons. The van der Waals surface area contributed by atoms with Crippen molar-refractivity contribution in [3.8, 4) is 6.07 Å². The molecule has 182 valence electrons. The highest BCUT2D eigenvalue weighted by molar-refractivity contribution is 5.18. The van der Waals surface area contributed by atoms with Crippen molar-refractivity contribution in [2.75, 3.05) is 13.2 Å². The molecule has 1 aromatic rings. The van der Waals surface area contributed by atoms with Crippen LogP contribution in [0.5, 0.6) is 0 Å². The molecule has 0 amide bonds. The number of ether oxygens (including phenoxy) is 1. The lowest BCUT2D eigenvalue weighted by molar-refractivity contribution is -0.129. The SMILES string of the molecule is CCOC[C@@]1(O)CC[C@H]2[C@H](CC[C@@H]3[C@@H]2CC[C@]2(C)C([C@H](C)Cn4nccc4C#N)CC[C@@H]32)C1. The molecule has 1 heterocycles. The number of nitrogens with zero attached hydrogens (tertiary/aromatic N) is 3. The number of nitriles is 1. The number of aliphatic hydroxyl groups is 1. The Labute approximate surface area is 199 Å². The van der Waals surface area contributed by atoms with E-state index in [2.05, 4.69) is 25.0 Å². The van der Waals surface area contributed by atoms with Crippen LogP contribution in [0.2, 0.25) is 0 Å². The molecular weight excluding hydrogens is 410 g/mol. The van der Waals surface area contributed by atoms with Crippen LogP contribution in [-0.4, -0.2) is 33.7 Å². The van der Waals surface area contributed by atoms with Gasteiger partial charge in [-0.2, -0.15) is 10.4 Å². The maximum atomic E-state index is 11.1. The Morgan fingerprint density at radius 2 is 2.00 bits per heavy atom. The summed E-state index contributed by atoms with van der Waals surface area (Å²) in [6.45, 7) is 9.09. The van der Waals surface area contributed by atoms with Gasteiger partial charge in [0.25, 0.3) is 0 Å². The lowest BCUT2D eigenvalue weighted by atomic mass is 9.48. The third kappa shape index (κ3) is 4.06. The predicted octanol–water partition coefficient (Wildman–Crippen LogP) is 5.43. The molecule has 1 N–H and O–H groups in total. The number of rotatable bonds is 6. The molecule has 5 heteroatoms. The van der Waals surface area contributed by atoms with Crippen molar-refractivity contribution in [2.24, 2.45) is 46.8 Å². The second-order valence-corrected chi connectivity index (χ2v) is 12.3. The van der Waals surface area contributed by atoms with Crippen LogP contribution < -0.4 is 0 Å². The smallest absolute Gasteiger partial charge is 0.138 e. The Bertz CT molecular complexity index is 877. The third-order valence-electron chi connectivity index (χ3n) is 10.7. The average Bonchev–Trinajstić information content (AvgIpc) is 3.40. The van der Waals surface area contributed by atoms with Gasteiger partial charge >= 0.3 is 0 Å². The van der Waals surface area contributed by atoms with Crippen molar-refractivity contribution < 1.29 is 9.84 Å². The van der Waals surface area contributed by atoms with Crippen LogP contribution >= 0.6 is 0 Å². The van der Waals surface area contributed by atoms with E-state index >= 15 is 0 Å². The molecule has 5 rings (SSSR count). The zero-order valence-corrected chi connectivity index (χ0v) is 20.9. The normalized spacial score (nSPS) is 43.2. The number of fused-ring (bicyclic) bond motifs is 5. The molecular formula is C28H43N3O2. The molecule has 0 bridgehead atoms. The minimum absolute atomic E-state index is 0.428. The van der Waals surface area contributed by atoms with Crippen molar-refractivity contribution in [3.63, 3.8) is 0 Å². The maximum absolute atomic E-state index is 11.1. The molecule has 5 nitrogen and oxygen atoms in total. The highest BCUT2D eigenvalue weighted by Gasteiger charge is 2.58. The Morgan fingerprint density at radius 1 is 1.18 bits per heavy atom. The standard InChI is InChI=1S/C28H43N3O2/c1-4-33-18-28(32)13-10-22-20(15-28)5-6-24-23(22)9-12-27(3)25(7-8-26(24)27)19(2)17-31-21(16-29)11-14-30-31/h11,14,19-20,22-26,32H,4-10,12-13,15,17-18H2,1-3H3/t19-,20-,22+,23-,24-,25?,26+,27-,28-/m1/s1. The lowest BCUT2D eigenvalue weighted by Gasteiger charge is -2.57. The molecule has 4 fully saturated rings. The quantitative estimate of drug-likeness (QED) is 0.624. The Balaban J connectivity index is 1.27. The van der Waals surface area contributed by atoms with Gasteiger partial charge in [0, 0.05) is 13.2 Å². The van der Waals surface area contributed by atoms with Crippen LogP contribution in [-0.2, 0) is 11.3 Å². The fourth-order valence-corrected chi connectivity index (χ4v) is 9.33. The first kappa shape index (κ1) is 23.4. The summed E-state index contributed by atoms with van der Waals surface area (Å²) in [6, 6.07) is 4.12. The van der Waals surface area contributed by atoms with Gasteiger partial charge < -0.3 is 9.84 Å². The zero-order chi connectivity index (χ0) is 23.2. The van der Waals surface area contributed by atoms with E-state index in [1.54, 1.807) is 6.20 Å². The van der Waals surface area contributed by atoms with E-state index in [0.29, 0.717) is 36.2 Å². The van der Waals surface area contributed by atoms with Crippen LogP contribution in [0.15, 0.2) is 12.3 Å². The van der Waals surface area contributed by atoms with Crippen molar-refractivity contribution >= 4 is 0 Å². The summed E-state index contributed by atoms with van der Waals surface area (Å²) in [7, 11) is 0. The predicted molar refractivity (Wildman–Crippen MR) is 128 cm³/mol. The molecule has 4 aliphatic rings. The van der Waals surface area contributed by atoms with Gasteiger partial charge in [-0.3, -0.25) is 4.68 Å². The molecule has 0 aliphatic heterocycles. The Hall–Kier alpha value is -1.38. The van der Waals surface area contributed by atoms with Crippen molar-refractivity contribution in [2.45, 2.75) is 90.7 Å². The second-order valence-electron chi connectivity index (χ2n) is 12.3. The van der Waals surface area contributed by atoms with E-state index in [-0.39, 0.29) is 0 Å². The minimum Gasteiger partial charge on any atom is -0.387 e. The molecule has 4 saturated carbocycles. The topological polar surface area (TPSA) is 71.1 Å². The van der Waals surface area contributed by atoms with Gasteiger partial charge in [0.1, 0.15) is 11.8 Å². The molecule has 1 unspecified atom stereocenters. The molecule has 33 heavy (non-hydrogen) atoms. The molecule has 1 aromatic heterocycles. The van der Waals surface area contributed by atoms with Crippen molar-refractivity contribution in [1.82, 2.24) is 9.78 Å². The van der Waals surface area contributed by atoms with Gasteiger partial charge in [-0.1, -0.05) is 13.8 Å². The summed E-state index contributed by atoms with van der Waals surface area (Å²) in [5.41, 5.74) is 0.526. The molecule has 0 spiro atoms. The Morgan fingerprint density at radius 3 is 2.79 bits per heavy atom. The van der Waals surface area contributed by atoms with Crippen LogP contribution in [0.1, 0.15) is 84.3 Å². The summed E-state index contributed by atoms with van der Waals surface area (Å²) >= 11 is 0. The van der Waals surface area contributed by atoms with Gasteiger partial charge in [-0.25, -0.2) is 0 Å². The van der Waals surface area contributed by atoms with Crippen molar-refractivity contribution in [3.05, 3.63) is 18.0 Å². The summed E-state index contributed by atoms with van der Waals surface area (Å²) in [5, 5.41) is 24.9. The first-order valence-electron chi connectivity index (χ1n) is 13.6. The summed E-state index contributed by atoms with van der Waals surface area (Å²) in [4.78, 5) is 0. The van der Waals surface area contributed by atoms with Gasteiger partial charge in [-0.15, -0.1) is 0 Å². The van der Waals surface area contributed by atoms with Gasteiger partial charge in [-0.05, 0) is 118 Å². The maximum Gasteiger partial charge on any atom is 0.138 e. The van der Waals surface area contributed by atoms with Crippen LogP contribution in [0, 0.1) is 58.2 Å². The number of hydrogen-bond acceptors (Lipinski definition) is 4. The zero-order valence-electron chi connectivity index (χ0n) is 20.9. The van der Waals surface area contributed by atoms with Gasteiger partial charge in [0.2, 0.25) is 0 Å². The molecule has 0 aromatic carbocycles. The van der Waals surface area contributed by atoms with E-state index in [4.69, 9.17) is 4.74 Å². The second kappa shape index (κ2) is 9.00. The van der Waals surface area contributed by atoms with E-state index < -0.39 is 5.60 Å². The lowest BCUT2D eigenvalue weighted by Crippen LogP contribution is -2.52. The van der Waals surface area contributed by atoms with E-state index in [0.717, 1.165) is 49.0 Å². The highest BCUT2D eigenvalue weighted by atomic mass is 16.5. The highest BCUT2D eigenvalue weighted by Crippen LogP contribution is 2.65. The minimum atomic E-state index is -0.587. The van der Waals surface area contributed by atoms with E-state index in [9.17, 15) is 10.4 Å². The van der Waals surface area contributed by atoms with E-state index in [1.165, 1.54) is 44.9 Å². The monoisotopic (exact) mass is 453 g/mol. The number of hydrogen-bond donors (Lipinski definition) is 1. The van der Waals surface area contributed by atoms with Gasteiger partial charge in [0.05, 0.1) is 18.4 Å². The Kier molecular flexibility index (Phi) is 6.38. The third-order valence-corrected chi connectivity index (χ3v) is 10.7. The fourth-order valence-electron chi connectivity index (χ4n) is 9.33. The first-order valence-corrected chi connectivity index (χ1v) is 13.6. The van der Waals surface area contributed by atoms with E-state index in [1.807, 2.05) is 17.7 Å². The molecule has 4 aliphatic carbocycles.